The first kappa shape index (κ1) is 12.2. The van der Waals surface area contributed by atoms with E-state index in [1.807, 2.05) is 6.92 Å². The Morgan fingerprint density at radius 1 is 1.18 bits per heavy atom. The maximum atomic E-state index is 13.6. The van der Waals surface area contributed by atoms with Gasteiger partial charge in [-0.2, -0.15) is 9.37 Å². The van der Waals surface area contributed by atoms with Crippen LogP contribution in [0.3, 0.4) is 0 Å². The molecule has 0 amide bonds. The first-order chi connectivity index (χ1) is 8.09. The van der Waals surface area contributed by atoms with Crippen LogP contribution in [0.4, 0.5) is 19.0 Å². The van der Waals surface area contributed by atoms with Crippen molar-refractivity contribution in [2.75, 3.05) is 11.4 Å². The van der Waals surface area contributed by atoms with Gasteiger partial charge in [0, 0.05) is 18.7 Å². The lowest BCUT2D eigenvalue weighted by Gasteiger charge is -2.28. The summed E-state index contributed by atoms with van der Waals surface area (Å²) in [6, 6.07) is 0.666. The Bertz CT molecular complexity index is 409. The molecule has 1 aromatic heterocycles. The number of hydrogen-bond donors (Lipinski definition) is 0. The van der Waals surface area contributed by atoms with Gasteiger partial charge in [0.2, 0.25) is 0 Å². The Morgan fingerprint density at radius 3 is 2.71 bits per heavy atom. The fourth-order valence-corrected chi connectivity index (χ4v) is 2.23. The highest BCUT2D eigenvalue weighted by atomic mass is 19.2. The lowest BCUT2D eigenvalue weighted by molar-refractivity contribution is 0.459. The fourth-order valence-electron chi connectivity index (χ4n) is 2.23. The van der Waals surface area contributed by atoms with Crippen molar-refractivity contribution in [3.05, 3.63) is 23.6 Å². The first-order valence-electron chi connectivity index (χ1n) is 5.88. The van der Waals surface area contributed by atoms with Crippen molar-refractivity contribution in [3.8, 4) is 0 Å². The molecule has 1 aliphatic heterocycles. The van der Waals surface area contributed by atoms with Gasteiger partial charge in [0.15, 0.2) is 17.5 Å². The van der Waals surface area contributed by atoms with Crippen molar-refractivity contribution in [3.63, 3.8) is 0 Å². The molecular weight excluding hydrogens is 229 g/mol. The molecule has 1 unspecified atom stereocenters. The van der Waals surface area contributed by atoms with Gasteiger partial charge in [0.1, 0.15) is 0 Å². The van der Waals surface area contributed by atoms with Crippen LogP contribution in [0.2, 0.25) is 0 Å². The minimum Gasteiger partial charge on any atom is -0.351 e. The molecule has 5 heteroatoms. The van der Waals surface area contributed by atoms with Crippen LogP contribution in [0.15, 0.2) is 6.07 Å². The normalized spacial score (nSPS) is 21.4. The molecule has 2 nitrogen and oxygen atoms in total. The summed E-state index contributed by atoms with van der Waals surface area (Å²) in [7, 11) is 0. The molecule has 2 rings (SSSR count). The van der Waals surface area contributed by atoms with Gasteiger partial charge in [-0.15, -0.1) is 0 Å². The lowest BCUT2D eigenvalue weighted by Crippen LogP contribution is -2.34. The number of nitrogens with zero attached hydrogens (tertiary/aromatic N) is 2. The van der Waals surface area contributed by atoms with Crippen LogP contribution in [-0.4, -0.2) is 17.6 Å². The van der Waals surface area contributed by atoms with Gasteiger partial charge >= 0.3 is 0 Å². The summed E-state index contributed by atoms with van der Waals surface area (Å²) in [6.07, 6.45) is 3.99. The molecule has 0 bridgehead atoms. The van der Waals surface area contributed by atoms with Gasteiger partial charge in [-0.3, -0.25) is 0 Å². The number of aromatic nitrogens is 1. The van der Waals surface area contributed by atoms with E-state index in [9.17, 15) is 13.2 Å². The number of halogens is 3. The Hall–Kier alpha value is -1.26. The van der Waals surface area contributed by atoms with Crippen molar-refractivity contribution >= 4 is 5.82 Å². The highest BCUT2D eigenvalue weighted by Crippen LogP contribution is 2.25. The predicted octanol–water partition coefficient (Wildman–Crippen LogP) is 3.27. The molecule has 0 radical (unpaired) electrons. The van der Waals surface area contributed by atoms with Crippen LogP contribution >= 0.6 is 0 Å². The number of pyridine rings is 1. The van der Waals surface area contributed by atoms with Crippen molar-refractivity contribution in [2.45, 2.75) is 38.6 Å². The summed E-state index contributed by atoms with van der Waals surface area (Å²) in [5.41, 5.74) is 0. The Kier molecular flexibility index (Phi) is 3.54. The summed E-state index contributed by atoms with van der Waals surface area (Å²) in [5.74, 6) is -3.34. The summed E-state index contributed by atoms with van der Waals surface area (Å²) < 4.78 is 39.5. The highest BCUT2D eigenvalue weighted by Gasteiger charge is 2.23. The second-order valence-corrected chi connectivity index (χ2v) is 4.46. The molecule has 1 aromatic rings. The topological polar surface area (TPSA) is 16.1 Å². The summed E-state index contributed by atoms with van der Waals surface area (Å²) in [6.45, 7) is 2.59. The molecule has 1 fully saturated rings. The third-order valence-corrected chi connectivity index (χ3v) is 3.19. The minimum absolute atomic E-state index is 0.0710. The van der Waals surface area contributed by atoms with Gasteiger partial charge in [-0.25, -0.2) is 8.78 Å². The molecule has 0 aromatic carbocycles. The van der Waals surface area contributed by atoms with E-state index < -0.39 is 17.6 Å². The molecule has 0 saturated carbocycles. The molecule has 1 saturated heterocycles. The number of hydrogen-bond acceptors (Lipinski definition) is 2. The molecule has 2 heterocycles. The van der Waals surface area contributed by atoms with E-state index >= 15 is 0 Å². The van der Waals surface area contributed by atoms with Crippen molar-refractivity contribution < 1.29 is 13.2 Å². The smallest absolute Gasteiger partial charge is 0.251 e. The Labute approximate surface area is 98.5 Å². The summed E-state index contributed by atoms with van der Waals surface area (Å²) in [5, 5.41) is 0. The predicted molar refractivity (Wildman–Crippen MR) is 59.4 cm³/mol. The van der Waals surface area contributed by atoms with Crippen molar-refractivity contribution in [2.24, 2.45) is 0 Å². The van der Waals surface area contributed by atoms with Gasteiger partial charge < -0.3 is 4.90 Å². The number of rotatable bonds is 1. The van der Waals surface area contributed by atoms with E-state index in [2.05, 4.69) is 4.98 Å². The molecule has 1 atom stereocenters. The van der Waals surface area contributed by atoms with Gasteiger partial charge in [0.25, 0.3) is 5.95 Å². The molecule has 0 N–H and O–H groups in total. The zero-order valence-corrected chi connectivity index (χ0v) is 9.72. The van der Waals surface area contributed by atoms with E-state index in [4.69, 9.17) is 0 Å². The van der Waals surface area contributed by atoms with E-state index in [-0.39, 0.29) is 11.9 Å². The lowest BCUT2D eigenvalue weighted by atomic mass is 10.1. The number of anilines is 1. The minimum atomic E-state index is -1.24. The third-order valence-electron chi connectivity index (χ3n) is 3.19. The van der Waals surface area contributed by atoms with Gasteiger partial charge in [-0.05, 0) is 19.8 Å². The van der Waals surface area contributed by atoms with Crippen LogP contribution in [0.5, 0.6) is 0 Å². The second kappa shape index (κ2) is 4.94. The van der Waals surface area contributed by atoms with E-state index in [1.165, 1.54) is 0 Å². The molecular formula is C12H15F3N2. The SMILES string of the molecule is CC1CCCCCN1c1nc(F)c(F)cc1F. The van der Waals surface area contributed by atoms with Crippen LogP contribution in [0.25, 0.3) is 0 Å². The van der Waals surface area contributed by atoms with Crippen molar-refractivity contribution in [1.82, 2.24) is 4.98 Å². The zero-order valence-electron chi connectivity index (χ0n) is 9.72. The molecule has 17 heavy (non-hydrogen) atoms. The first-order valence-corrected chi connectivity index (χ1v) is 5.88. The monoisotopic (exact) mass is 244 g/mol. The fraction of sp³-hybridized carbons (Fsp3) is 0.583. The molecule has 0 spiro atoms. The van der Waals surface area contributed by atoms with Gasteiger partial charge in [0.05, 0.1) is 0 Å². The average molecular weight is 244 g/mol. The highest BCUT2D eigenvalue weighted by molar-refractivity contribution is 5.41. The largest absolute Gasteiger partial charge is 0.351 e. The molecule has 94 valence electrons. The quantitative estimate of drug-likeness (QED) is 0.705. The standard InChI is InChI=1S/C12H15F3N2/c1-8-5-3-2-4-6-17(8)12-10(14)7-9(13)11(15)16-12/h7-8H,2-6H2,1H3. The maximum Gasteiger partial charge on any atom is 0.251 e. The van der Waals surface area contributed by atoms with Crippen LogP contribution < -0.4 is 4.90 Å². The van der Waals surface area contributed by atoms with E-state index in [0.717, 1.165) is 25.7 Å². The average Bonchev–Trinajstić information content (AvgIpc) is 2.49. The van der Waals surface area contributed by atoms with E-state index in [1.54, 1.807) is 4.90 Å². The Morgan fingerprint density at radius 2 is 1.94 bits per heavy atom. The zero-order chi connectivity index (χ0) is 12.4. The Balaban J connectivity index is 2.34. The molecule has 0 aliphatic carbocycles. The third kappa shape index (κ3) is 2.53. The molecule has 1 aliphatic rings. The van der Waals surface area contributed by atoms with Gasteiger partial charge in [-0.1, -0.05) is 12.8 Å². The van der Waals surface area contributed by atoms with Crippen LogP contribution in [0, 0.1) is 17.6 Å². The maximum absolute atomic E-state index is 13.6. The second-order valence-electron chi connectivity index (χ2n) is 4.46. The van der Waals surface area contributed by atoms with Crippen molar-refractivity contribution in [1.29, 1.82) is 0 Å². The van der Waals surface area contributed by atoms with Crippen LogP contribution in [-0.2, 0) is 0 Å². The summed E-state index contributed by atoms with van der Waals surface area (Å²) >= 11 is 0. The van der Waals surface area contributed by atoms with E-state index in [0.29, 0.717) is 12.6 Å². The van der Waals surface area contributed by atoms with Crippen LogP contribution in [0.1, 0.15) is 32.6 Å². The summed E-state index contributed by atoms with van der Waals surface area (Å²) in [4.78, 5) is 5.12.